The van der Waals surface area contributed by atoms with E-state index >= 15 is 0 Å². The van der Waals surface area contributed by atoms with Crippen molar-refractivity contribution >= 4 is 22.8 Å². The lowest BCUT2D eigenvalue weighted by molar-refractivity contribution is -0.161. The summed E-state index contributed by atoms with van der Waals surface area (Å²) in [6.45, 7) is 3.96. The zero-order chi connectivity index (χ0) is 19.3. The van der Waals surface area contributed by atoms with Crippen molar-refractivity contribution in [1.82, 2.24) is 14.5 Å². The minimum absolute atomic E-state index is 0.0641. The predicted octanol–water partition coefficient (Wildman–Crippen LogP) is 3.66. The molecule has 3 aromatic rings. The van der Waals surface area contributed by atoms with Crippen molar-refractivity contribution in [2.24, 2.45) is 5.92 Å². The van der Waals surface area contributed by atoms with Gasteiger partial charge in [0.2, 0.25) is 0 Å². The van der Waals surface area contributed by atoms with E-state index in [2.05, 4.69) is 38.9 Å². The minimum Gasteiger partial charge on any atom is -0.396 e. The van der Waals surface area contributed by atoms with E-state index in [0.717, 1.165) is 27.4 Å². The summed E-state index contributed by atoms with van der Waals surface area (Å²) in [6, 6.07) is 12.4. The Kier molecular flexibility index (Phi) is 4.43. The summed E-state index contributed by atoms with van der Waals surface area (Å²) in [5, 5.41) is 11.8. The average molecular weight is 398 g/mol. The Morgan fingerprint density at radius 1 is 1.14 bits per heavy atom. The molecule has 2 aliphatic rings. The van der Waals surface area contributed by atoms with Crippen molar-refractivity contribution < 1.29 is 14.6 Å². The maximum absolute atomic E-state index is 9.85. The van der Waals surface area contributed by atoms with Crippen molar-refractivity contribution in [3.63, 3.8) is 0 Å². The molecule has 0 bridgehead atoms. The zero-order valence-corrected chi connectivity index (χ0v) is 16.7. The highest BCUT2D eigenvalue weighted by atomic mass is 32.2. The van der Waals surface area contributed by atoms with Crippen LogP contribution in [0, 0.1) is 5.92 Å². The number of hydrogen-bond donors (Lipinski definition) is 1. The number of aliphatic hydroxyl groups excluding tert-OH is 1. The summed E-state index contributed by atoms with van der Waals surface area (Å²) < 4.78 is 14.5. The van der Waals surface area contributed by atoms with Crippen molar-refractivity contribution in [3.8, 4) is 0 Å². The minimum atomic E-state index is -0.631. The van der Waals surface area contributed by atoms with Crippen LogP contribution in [0.4, 0.5) is 0 Å². The van der Waals surface area contributed by atoms with Gasteiger partial charge in [-0.15, -0.1) is 0 Å². The number of aromatic nitrogens is 3. The molecule has 2 fully saturated rings. The second-order valence-corrected chi connectivity index (χ2v) is 8.93. The summed E-state index contributed by atoms with van der Waals surface area (Å²) in [5.74, 6) is -0.567. The molecule has 1 saturated heterocycles. The molecule has 0 unspecified atom stereocenters. The van der Waals surface area contributed by atoms with Crippen molar-refractivity contribution in [2.45, 2.75) is 54.2 Å². The lowest BCUT2D eigenvalue weighted by Crippen LogP contribution is -2.27. The van der Waals surface area contributed by atoms with E-state index in [9.17, 15) is 5.11 Å². The van der Waals surface area contributed by atoms with Gasteiger partial charge in [-0.25, -0.2) is 9.97 Å². The Bertz CT molecular complexity index is 991. The lowest BCUT2D eigenvalue weighted by Gasteiger charge is -2.24. The van der Waals surface area contributed by atoms with Gasteiger partial charge in [-0.05, 0) is 38.5 Å². The van der Waals surface area contributed by atoms with Gasteiger partial charge in [0.15, 0.2) is 5.79 Å². The van der Waals surface area contributed by atoms with Crippen molar-refractivity contribution in [1.29, 1.82) is 0 Å². The second-order valence-electron chi connectivity index (χ2n) is 7.86. The van der Waals surface area contributed by atoms with Gasteiger partial charge in [0.05, 0.1) is 17.5 Å². The van der Waals surface area contributed by atoms with Crippen LogP contribution in [0.3, 0.4) is 0 Å². The van der Waals surface area contributed by atoms with Crippen LogP contribution >= 0.6 is 11.8 Å². The largest absolute Gasteiger partial charge is 0.396 e. The molecule has 1 aliphatic carbocycles. The highest BCUT2D eigenvalue weighted by molar-refractivity contribution is 7.99. The maximum Gasteiger partial charge on any atom is 0.163 e. The van der Waals surface area contributed by atoms with Gasteiger partial charge in [0.25, 0.3) is 0 Å². The van der Waals surface area contributed by atoms with E-state index in [4.69, 9.17) is 9.47 Å². The maximum atomic E-state index is 9.85. The first-order valence-corrected chi connectivity index (χ1v) is 10.4. The third kappa shape index (κ3) is 3.03. The molecular formula is C21H23N3O3S. The SMILES string of the molecule is CC1(C)O[C@@H]2[C@H](CO)C[C@@H](n3ccc4c(Sc5ccccc5)ncnc43)[C@@H]2O1. The highest BCUT2D eigenvalue weighted by Crippen LogP contribution is 2.47. The first-order chi connectivity index (χ1) is 13.6. The van der Waals surface area contributed by atoms with Crippen LogP contribution in [0.2, 0.25) is 0 Å². The van der Waals surface area contributed by atoms with Crippen LogP contribution in [0.15, 0.2) is 58.8 Å². The Morgan fingerprint density at radius 2 is 1.93 bits per heavy atom. The second kappa shape index (κ2) is 6.84. The number of nitrogens with zero attached hydrogens (tertiary/aromatic N) is 3. The Labute approximate surface area is 167 Å². The van der Waals surface area contributed by atoms with E-state index in [1.807, 2.05) is 32.0 Å². The number of rotatable bonds is 4. The van der Waals surface area contributed by atoms with Crippen LogP contribution < -0.4 is 0 Å². The van der Waals surface area contributed by atoms with Crippen LogP contribution in [-0.4, -0.2) is 44.2 Å². The Morgan fingerprint density at radius 3 is 2.71 bits per heavy atom. The fourth-order valence-corrected chi connectivity index (χ4v) is 5.29. The number of ether oxygens (including phenoxy) is 2. The quantitative estimate of drug-likeness (QED) is 0.678. The summed E-state index contributed by atoms with van der Waals surface area (Å²) in [7, 11) is 0. The molecule has 1 aliphatic heterocycles. The Hall–Kier alpha value is -1.93. The molecule has 6 nitrogen and oxygen atoms in total. The lowest BCUT2D eigenvalue weighted by atomic mass is 10.1. The summed E-state index contributed by atoms with van der Waals surface area (Å²) >= 11 is 1.64. The molecule has 1 aromatic carbocycles. The molecule has 146 valence electrons. The molecule has 4 atom stereocenters. The van der Waals surface area contributed by atoms with Gasteiger partial charge >= 0.3 is 0 Å². The average Bonchev–Trinajstić information content (AvgIpc) is 3.33. The fraction of sp³-hybridized carbons (Fsp3) is 0.429. The number of hydrogen-bond acceptors (Lipinski definition) is 6. The summed E-state index contributed by atoms with van der Waals surface area (Å²) in [6.07, 6.45) is 4.29. The van der Waals surface area contributed by atoms with Crippen molar-refractivity contribution in [3.05, 3.63) is 48.9 Å². The topological polar surface area (TPSA) is 69.4 Å². The third-order valence-electron chi connectivity index (χ3n) is 5.57. The van der Waals surface area contributed by atoms with E-state index in [1.54, 1.807) is 18.1 Å². The smallest absolute Gasteiger partial charge is 0.163 e. The van der Waals surface area contributed by atoms with Gasteiger partial charge in [0, 0.05) is 23.6 Å². The molecule has 0 amide bonds. The summed E-state index contributed by atoms with van der Waals surface area (Å²) in [5.41, 5.74) is 0.893. The molecular weight excluding hydrogens is 374 g/mol. The van der Waals surface area contributed by atoms with Gasteiger partial charge in [-0.1, -0.05) is 30.0 Å². The predicted molar refractivity (Wildman–Crippen MR) is 106 cm³/mol. The molecule has 28 heavy (non-hydrogen) atoms. The molecule has 5 rings (SSSR count). The molecule has 1 saturated carbocycles. The molecule has 1 N–H and O–H groups in total. The molecule has 0 radical (unpaired) electrons. The van der Waals surface area contributed by atoms with Crippen molar-refractivity contribution in [2.75, 3.05) is 6.61 Å². The van der Waals surface area contributed by atoms with E-state index < -0.39 is 5.79 Å². The first-order valence-electron chi connectivity index (χ1n) is 9.57. The monoisotopic (exact) mass is 397 g/mol. The number of benzene rings is 1. The van der Waals surface area contributed by atoms with Gasteiger partial charge in [-0.3, -0.25) is 0 Å². The molecule has 3 heterocycles. The molecule has 2 aromatic heterocycles. The van der Waals surface area contributed by atoms with Crippen LogP contribution in [0.5, 0.6) is 0 Å². The normalized spacial score (nSPS) is 28.7. The van der Waals surface area contributed by atoms with E-state index in [-0.39, 0.29) is 30.8 Å². The molecule has 0 spiro atoms. The van der Waals surface area contributed by atoms with E-state index in [0.29, 0.717) is 0 Å². The fourth-order valence-electron chi connectivity index (χ4n) is 4.40. The molecule has 7 heteroatoms. The van der Waals surface area contributed by atoms with Gasteiger partial charge in [0.1, 0.15) is 23.1 Å². The number of fused-ring (bicyclic) bond motifs is 2. The van der Waals surface area contributed by atoms with Crippen LogP contribution in [-0.2, 0) is 9.47 Å². The Balaban J connectivity index is 1.51. The number of aliphatic hydroxyl groups is 1. The summed E-state index contributed by atoms with van der Waals surface area (Å²) in [4.78, 5) is 10.2. The van der Waals surface area contributed by atoms with E-state index in [1.165, 1.54) is 0 Å². The third-order valence-corrected chi connectivity index (χ3v) is 6.60. The standard InChI is InChI=1S/C21H23N3O3S/c1-21(2)26-17-13(11-25)10-16(18(17)27-21)24-9-8-15-19(24)22-12-23-20(15)28-14-6-4-3-5-7-14/h3-9,12-13,16-18,25H,10-11H2,1-2H3/t13-,16+,17+,18-/m0/s1. The van der Waals surface area contributed by atoms with Gasteiger partial charge < -0.3 is 19.1 Å². The first kappa shape index (κ1) is 18.1. The highest BCUT2D eigenvalue weighted by Gasteiger charge is 2.54. The van der Waals surface area contributed by atoms with Crippen LogP contribution in [0.1, 0.15) is 26.3 Å². The van der Waals surface area contributed by atoms with Gasteiger partial charge in [-0.2, -0.15) is 0 Å². The zero-order valence-electron chi connectivity index (χ0n) is 15.9. The van der Waals surface area contributed by atoms with Crippen LogP contribution in [0.25, 0.3) is 11.0 Å².